The Balaban J connectivity index is 4.14. The molecule has 15 heavy (non-hydrogen) atoms. The molecule has 0 aliphatic rings. The van der Waals surface area contributed by atoms with Gasteiger partial charge in [-0.05, 0) is 26.7 Å². The van der Waals surface area contributed by atoms with E-state index >= 15 is 0 Å². The summed E-state index contributed by atoms with van der Waals surface area (Å²) in [6.45, 7) is 8.77. The van der Waals surface area contributed by atoms with Crippen molar-refractivity contribution < 1.29 is 14.3 Å². The zero-order valence-electron chi connectivity index (χ0n) is 9.96. The highest BCUT2D eigenvalue weighted by molar-refractivity contribution is 5.94. The molecule has 0 bridgehead atoms. The summed E-state index contributed by atoms with van der Waals surface area (Å²) in [6, 6.07) is -0.697. The summed E-state index contributed by atoms with van der Waals surface area (Å²) in [7, 11) is 0. The van der Waals surface area contributed by atoms with Crippen molar-refractivity contribution in [1.82, 2.24) is 5.32 Å². The van der Waals surface area contributed by atoms with Crippen molar-refractivity contribution in [3.8, 4) is 0 Å². The van der Waals surface area contributed by atoms with Crippen LogP contribution in [0.15, 0.2) is 0 Å². The van der Waals surface area contributed by atoms with E-state index in [4.69, 9.17) is 10.5 Å². The molecule has 5 heteroatoms. The highest BCUT2D eigenvalue weighted by Crippen LogP contribution is 2.06. The average molecular weight is 216 g/mol. The first-order valence-corrected chi connectivity index (χ1v) is 4.93. The smallest absolute Gasteiger partial charge is 0.414 e. The lowest BCUT2D eigenvalue weighted by molar-refractivity contribution is -0.122. The van der Waals surface area contributed by atoms with E-state index in [0.29, 0.717) is 0 Å². The number of rotatable bonds is 2. The minimum atomic E-state index is -0.761. The van der Waals surface area contributed by atoms with Crippen molar-refractivity contribution in [3.05, 3.63) is 0 Å². The summed E-state index contributed by atoms with van der Waals surface area (Å²) < 4.78 is 4.91. The van der Waals surface area contributed by atoms with Crippen LogP contribution in [-0.2, 0) is 9.53 Å². The number of nitrogens with two attached hydrogens (primary N) is 1. The molecular formula is C10H20N2O3. The number of imide groups is 1. The number of carbonyl (C=O) groups excluding carboxylic acids is 2. The summed E-state index contributed by atoms with van der Waals surface area (Å²) in [5.74, 6) is -0.535. The molecule has 88 valence electrons. The van der Waals surface area contributed by atoms with Crippen molar-refractivity contribution in [1.29, 1.82) is 0 Å². The molecule has 0 unspecified atom stereocenters. The first-order valence-electron chi connectivity index (χ1n) is 4.93. The number of ether oxygens (including phenoxy) is 1. The topological polar surface area (TPSA) is 81.4 Å². The van der Waals surface area contributed by atoms with Crippen molar-refractivity contribution in [3.63, 3.8) is 0 Å². The fraction of sp³-hybridized carbons (Fsp3) is 0.800. The second-order valence-corrected chi connectivity index (χ2v) is 4.76. The molecule has 0 radical (unpaired) electrons. The van der Waals surface area contributed by atoms with E-state index in [1.807, 2.05) is 0 Å². The number of alkyl carbamates (subject to hydrolysis) is 1. The predicted molar refractivity (Wildman–Crippen MR) is 57.2 cm³/mol. The first kappa shape index (κ1) is 13.9. The largest absolute Gasteiger partial charge is 0.444 e. The van der Waals surface area contributed by atoms with Gasteiger partial charge in [0.05, 0.1) is 6.04 Å². The van der Waals surface area contributed by atoms with E-state index in [-0.39, 0.29) is 5.92 Å². The van der Waals surface area contributed by atoms with Crippen molar-refractivity contribution in [2.75, 3.05) is 0 Å². The van der Waals surface area contributed by atoms with E-state index in [0.717, 1.165) is 0 Å². The Morgan fingerprint density at radius 1 is 1.27 bits per heavy atom. The van der Waals surface area contributed by atoms with Crippen LogP contribution in [0.2, 0.25) is 0 Å². The Labute approximate surface area is 90.4 Å². The molecule has 0 saturated heterocycles. The minimum absolute atomic E-state index is 0.0209. The zero-order valence-corrected chi connectivity index (χ0v) is 9.96. The van der Waals surface area contributed by atoms with Gasteiger partial charge in [-0.15, -0.1) is 0 Å². The van der Waals surface area contributed by atoms with Gasteiger partial charge in [0.25, 0.3) is 0 Å². The van der Waals surface area contributed by atoms with E-state index < -0.39 is 23.6 Å². The van der Waals surface area contributed by atoms with E-state index in [1.165, 1.54) is 0 Å². The molecule has 0 heterocycles. The lowest BCUT2D eigenvalue weighted by atomic mass is 10.1. The minimum Gasteiger partial charge on any atom is -0.444 e. The van der Waals surface area contributed by atoms with Gasteiger partial charge >= 0.3 is 6.09 Å². The Hall–Kier alpha value is -1.10. The summed E-state index contributed by atoms with van der Waals surface area (Å²) in [4.78, 5) is 22.5. The molecule has 0 fully saturated rings. The van der Waals surface area contributed by atoms with Crippen molar-refractivity contribution in [2.24, 2.45) is 11.7 Å². The van der Waals surface area contributed by atoms with Gasteiger partial charge in [0.15, 0.2) is 0 Å². The molecule has 0 aromatic heterocycles. The lowest BCUT2D eigenvalue weighted by Gasteiger charge is -2.20. The van der Waals surface area contributed by atoms with Crippen LogP contribution < -0.4 is 11.1 Å². The number of nitrogens with one attached hydrogen (secondary N) is 1. The predicted octanol–water partition coefficient (Wildman–Crippen LogP) is 1.02. The Bertz CT molecular complexity index is 244. The second-order valence-electron chi connectivity index (χ2n) is 4.76. The lowest BCUT2D eigenvalue weighted by Crippen LogP contribution is -2.47. The normalized spacial score (nSPS) is 13.5. The molecule has 0 rings (SSSR count). The van der Waals surface area contributed by atoms with Gasteiger partial charge in [0.2, 0.25) is 5.91 Å². The van der Waals surface area contributed by atoms with Crippen LogP contribution in [0, 0.1) is 5.92 Å². The highest BCUT2D eigenvalue weighted by Gasteiger charge is 2.22. The van der Waals surface area contributed by atoms with Gasteiger partial charge in [0.1, 0.15) is 5.60 Å². The molecule has 0 aliphatic carbocycles. The maximum atomic E-state index is 11.3. The van der Waals surface area contributed by atoms with Gasteiger partial charge in [0, 0.05) is 0 Å². The third-order valence-electron chi connectivity index (χ3n) is 1.65. The van der Waals surface area contributed by atoms with Gasteiger partial charge in [-0.1, -0.05) is 13.8 Å². The molecule has 0 aromatic carbocycles. The monoisotopic (exact) mass is 216 g/mol. The van der Waals surface area contributed by atoms with Crippen LogP contribution in [0.1, 0.15) is 34.6 Å². The van der Waals surface area contributed by atoms with E-state index in [9.17, 15) is 9.59 Å². The Morgan fingerprint density at radius 2 is 1.73 bits per heavy atom. The zero-order chi connectivity index (χ0) is 12.2. The van der Waals surface area contributed by atoms with Gasteiger partial charge in [-0.3, -0.25) is 10.1 Å². The quantitative estimate of drug-likeness (QED) is 0.722. The van der Waals surface area contributed by atoms with Gasteiger partial charge < -0.3 is 10.5 Å². The third kappa shape index (κ3) is 6.06. The number of hydrogen-bond donors (Lipinski definition) is 2. The first-order chi connectivity index (χ1) is 6.63. The maximum Gasteiger partial charge on any atom is 0.414 e. The SMILES string of the molecule is CC(C)[C@H](N)C(=O)NC(=O)OC(C)(C)C. The molecular weight excluding hydrogens is 196 g/mol. The van der Waals surface area contributed by atoms with Crippen LogP contribution >= 0.6 is 0 Å². The summed E-state index contributed by atoms with van der Waals surface area (Å²) in [5.41, 5.74) is 4.93. The molecule has 1 atom stereocenters. The van der Waals surface area contributed by atoms with Crippen LogP contribution in [0.5, 0.6) is 0 Å². The number of carbonyl (C=O) groups is 2. The second kappa shape index (κ2) is 5.11. The average Bonchev–Trinajstić information content (AvgIpc) is 1.98. The van der Waals surface area contributed by atoms with Crippen LogP contribution in [-0.4, -0.2) is 23.6 Å². The number of hydrogen-bond acceptors (Lipinski definition) is 4. The summed E-state index contributed by atoms with van der Waals surface area (Å²) >= 11 is 0. The molecule has 0 aliphatic heterocycles. The molecule has 0 saturated carbocycles. The Kier molecular flexibility index (Phi) is 4.74. The van der Waals surface area contributed by atoms with Crippen LogP contribution in [0.4, 0.5) is 4.79 Å². The molecule has 0 spiro atoms. The van der Waals surface area contributed by atoms with E-state index in [2.05, 4.69) is 5.32 Å². The molecule has 3 N–H and O–H groups in total. The Morgan fingerprint density at radius 3 is 2.07 bits per heavy atom. The van der Waals surface area contributed by atoms with Gasteiger partial charge in [-0.2, -0.15) is 0 Å². The van der Waals surface area contributed by atoms with Crippen molar-refractivity contribution in [2.45, 2.75) is 46.3 Å². The molecule has 2 amide bonds. The van der Waals surface area contributed by atoms with E-state index in [1.54, 1.807) is 34.6 Å². The fourth-order valence-corrected chi connectivity index (χ4v) is 0.790. The maximum absolute atomic E-state index is 11.3. The fourth-order valence-electron chi connectivity index (χ4n) is 0.790. The van der Waals surface area contributed by atoms with Crippen LogP contribution in [0.25, 0.3) is 0 Å². The summed E-state index contributed by atoms with van der Waals surface area (Å²) in [6.07, 6.45) is -0.761. The number of amides is 2. The van der Waals surface area contributed by atoms with Gasteiger partial charge in [-0.25, -0.2) is 4.79 Å². The molecule has 0 aromatic rings. The van der Waals surface area contributed by atoms with Crippen LogP contribution in [0.3, 0.4) is 0 Å². The van der Waals surface area contributed by atoms with Crippen molar-refractivity contribution >= 4 is 12.0 Å². The third-order valence-corrected chi connectivity index (χ3v) is 1.65. The standard InChI is InChI=1S/C10H20N2O3/c1-6(2)7(11)8(13)12-9(14)15-10(3,4)5/h6-7H,11H2,1-5H3,(H,12,13,14)/t7-/m0/s1. The summed E-state index contributed by atoms with van der Waals surface area (Å²) in [5, 5.41) is 2.09. The highest BCUT2D eigenvalue weighted by atomic mass is 16.6. The molecule has 5 nitrogen and oxygen atoms in total.